The summed E-state index contributed by atoms with van der Waals surface area (Å²) >= 11 is 0. The summed E-state index contributed by atoms with van der Waals surface area (Å²) in [4.78, 5) is 27.0. The molecule has 1 saturated heterocycles. The van der Waals surface area contributed by atoms with Crippen LogP contribution in [0.4, 0.5) is 4.79 Å². The monoisotopic (exact) mass is 225 g/mol. The largest absolute Gasteiger partial charge is 0.339 e. The van der Waals surface area contributed by atoms with Crippen molar-refractivity contribution in [2.75, 3.05) is 32.7 Å². The second kappa shape index (κ2) is 4.72. The van der Waals surface area contributed by atoms with E-state index in [1.54, 1.807) is 4.90 Å². The summed E-state index contributed by atoms with van der Waals surface area (Å²) in [5.41, 5.74) is 0. The summed E-state index contributed by atoms with van der Waals surface area (Å²) in [6.07, 6.45) is 2.10. The van der Waals surface area contributed by atoms with Crippen molar-refractivity contribution in [3.05, 3.63) is 0 Å². The highest BCUT2D eigenvalue weighted by atomic mass is 16.2. The molecule has 1 heterocycles. The predicted octanol–water partition coefficient (Wildman–Crippen LogP) is 0.270. The van der Waals surface area contributed by atoms with Gasteiger partial charge in [0.2, 0.25) is 5.91 Å². The van der Waals surface area contributed by atoms with Crippen LogP contribution in [0, 0.1) is 5.92 Å². The van der Waals surface area contributed by atoms with Gasteiger partial charge in [0.25, 0.3) is 0 Å². The summed E-state index contributed by atoms with van der Waals surface area (Å²) in [6, 6.07) is -0.0129. The van der Waals surface area contributed by atoms with Crippen LogP contribution in [-0.2, 0) is 4.79 Å². The van der Waals surface area contributed by atoms with E-state index in [-0.39, 0.29) is 17.9 Å². The van der Waals surface area contributed by atoms with Gasteiger partial charge >= 0.3 is 6.03 Å². The first-order valence-electron chi connectivity index (χ1n) is 6.04. The molecule has 1 aliphatic heterocycles. The molecule has 2 aliphatic rings. The number of carbonyl (C=O) groups is 2. The Morgan fingerprint density at radius 1 is 1.12 bits per heavy atom. The highest BCUT2D eigenvalue weighted by molar-refractivity contribution is 5.81. The Morgan fingerprint density at radius 3 is 2.19 bits per heavy atom. The average molecular weight is 225 g/mol. The summed E-state index contributed by atoms with van der Waals surface area (Å²) in [7, 11) is 0. The van der Waals surface area contributed by atoms with E-state index in [2.05, 4.69) is 5.32 Å². The lowest BCUT2D eigenvalue weighted by Crippen LogP contribution is -2.53. The van der Waals surface area contributed by atoms with Gasteiger partial charge in [-0.3, -0.25) is 4.79 Å². The minimum Gasteiger partial charge on any atom is -0.339 e. The minimum atomic E-state index is -0.0129. The summed E-state index contributed by atoms with van der Waals surface area (Å²) in [5.74, 6) is 0.576. The van der Waals surface area contributed by atoms with Gasteiger partial charge in [-0.05, 0) is 19.8 Å². The molecule has 2 rings (SSSR count). The SMILES string of the molecule is CCNC(=O)N1CCN(C(=O)C2CC2)CC1. The fraction of sp³-hybridized carbons (Fsp3) is 0.818. The molecule has 2 fully saturated rings. The van der Waals surface area contributed by atoms with E-state index in [9.17, 15) is 9.59 Å². The van der Waals surface area contributed by atoms with E-state index >= 15 is 0 Å². The Balaban J connectivity index is 1.77. The zero-order valence-electron chi connectivity index (χ0n) is 9.74. The van der Waals surface area contributed by atoms with Gasteiger partial charge in [-0.25, -0.2) is 4.79 Å². The molecule has 0 unspecified atom stereocenters. The van der Waals surface area contributed by atoms with E-state index in [1.807, 2.05) is 11.8 Å². The third-order valence-corrected chi connectivity index (χ3v) is 3.13. The fourth-order valence-electron chi connectivity index (χ4n) is 1.98. The van der Waals surface area contributed by atoms with Gasteiger partial charge in [-0.1, -0.05) is 0 Å². The maximum Gasteiger partial charge on any atom is 0.317 e. The number of amides is 3. The Bertz CT molecular complexity index is 281. The lowest BCUT2D eigenvalue weighted by Gasteiger charge is -2.34. The Kier molecular flexibility index (Phi) is 3.31. The number of nitrogens with zero attached hydrogens (tertiary/aromatic N) is 2. The first-order valence-corrected chi connectivity index (χ1v) is 6.04. The van der Waals surface area contributed by atoms with Gasteiger partial charge in [-0.15, -0.1) is 0 Å². The van der Waals surface area contributed by atoms with Crippen molar-refractivity contribution >= 4 is 11.9 Å². The van der Waals surface area contributed by atoms with Crippen molar-refractivity contribution in [3.8, 4) is 0 Å². The molecule has 1 N–H and O–H groups in total. The summed E-state index contributed by atoms with van der Waals surface area (Å²) in [5, 5.41) is 2.78. The van der Waals surface area contributed by atoms with Gasteiger partial charge in [0.05, 0.1) is 0 Å². The molecule has 90 valence electrons. The molecule has 0 aromatic rings. The molecule has 0 atom stereocenters. The number of carbonyl (C=O) groups excluding carboxylic acids is 2. The van der Waals surface area contributed by atoms with E-state index in [0.29, 0.717) is 32.7 Å². The molecule has 1 aliphatic carbocycles. The smallest absolute Gasteiger partial charge is 0.317 e. The maximum absolute atomic E-state index is 11.8. The van der Waals surface area contributed by atoms with Crippen LogP contribution in [0.15, 0.2) is 0 Å². The van der Waals surface area contributed by atoms with Crippen LogP contribution in [0.2, 0.25) is 0 Å². The van der Waals surface area contributed by atoms with Crippen LogP contribution in [0.3, 0.4) is 0 Å². The van der Waals surface area contributed by atoms with E-state index in [0.717, 1.165) is 12.8 Å². The van der Waals surface area contributed by atoms with Gasteiger partial charge in [0, 0.05) is 38.6 Å². The minimum absolute atomic E-state index is 0.0129. The summed E-state index contributed by atoms with van der Waals surface area (Å²) < 4.78 is 0. The highest BCUT2D eigenvalue weighted by Gasteiger charge is 2.35. The highest BCUT2D eigenvalue weighted by Crippen LogP contribution is 2.31. The predicted molar refractivity (Wildman–Crippen MR) is 59.9 cm³/mol. The second-order valence-electron chi connectivity index (χ2n) is 4.42. The molecule has 0 aromatic heterocycles. The fourth-order valence-corrected chi connectivity index (χ4v) is 1.98. The van der Waals surface area contributed by atoms with Crippen molar-refractivity contribution in [3.63, 3.8) is 0 Å². The molecule has 0 spiro atoms. The van der Waals surface area contributed by atoms with E-state index in [4.69, 9.17) is 0 Å². The number of rotatable bonds is 2. The van der Waals surface area contributed by atoms with Crippen LogP contribution in [-0.4, -0.2) is 54.5 Å². The summed E-state index contributed by atoms with van der Waals surface area (Å²) in [6.45, 7) is 5.25. The van der Waals surface area contributed by atoms with Crippen molar-refractivity contribution in [2.45, 2.75) is 19.8 Å². The molecule has 0 aromatic carbocycles. The topological polar surface area (TPSA) is 52.7 Å². The molecule has 5 heteroatoms. The second-order valence-corrected chi connectivity index (χ2v) is 4.42. The third-order valence-electron chi connectivity index (χ3n) is 3.13. The standard InChI is InChI=1S/C11H19N3O2/c1-2-12-11(16)14-7-5-13(6-8-14)10(15)9-3-4-9/h9H,2-8H2,1H3,(H,12,16). The number of hydrogen-bond acceptors (Lipinski definition) is 2. The average Bonchev–Trinajstić information content (AvgIpc) is 3.12. The van der Waals surface area contributed by atoms with Gasteiger partial charge in [-0.2, -0.15) is 0 Å². The maximum atomic E-state index is 11.8. The lowest BCUT2D eigenvalue weighted by molar-refractivity contribution is -0.133. The zero-order chi connectivity index (χ0) is 11.5. The van der Waals surface area contributed by atoms with Crippen LogP contribution in [0.1, 0.15) is 19.8 Å². The quantitative estimate of drug-likeness (QED) is 0.733. The molecular weight excluding hydrogens is 206 g/mol. The number of hydrogen-bond donors (Lipinski definition) is 1. The van der Waals surface area contributed by atoms with Crippen LogP contribution >= 0.6 is 0 Å². The van der Waals surface area contributed by atoms with Gasteiger partial charge in [0.1, 0.15) is 0 Å². The number of urea groups is 1. The molecular formula is C11H19N3O2. The van der Waals surface area contributed by atoms with Crippen LogP contribution < -0.4 is 5.32 Å². The first-order chi connectivity index (χ1) is 7.72. The molecule has 1 saturated carbocycles. The Morgan fingerprint density at radius 2 is 1.69 bits per heavy atom. The van der Waals surface area contributed by atoms with Gasteiger partial charge in [0.15, 0.2) is 0 Å². The number of piperazine rings is 1. The van der Waals surface area contributed by atoms with Gasteiger partial charge < -0.3 is 15.1 Å². The first kappa shape index (κ1) is 11.2. The van der Waals surface area contributed by atoms with Crippen molar-refractivity contribution in [1.82, 2.24) is 15.1 Å². The molecule has 0 bridgehead atoms. The van der Waals surface area contributed by atoms with Crippen molar-refractivity contribution in [2.24, 2.45) is 5.92 Å². The molecule has 0 radical (unpaired) electrons. The Labute approximate surface area is 95.8 Å². The van der Waals surface area contributed by atoms with Crippen molar-refractivity contribution < 1.29 is 9.59 Å². The van der Waals surface area contributed by atoms with E-state index in [1.165, 1.54) is 0 Å². The van der Waals surface area contributed by atoms with E-state index < -0.39 is 0 Å². The molecule has 5 nitrogen and oxygen atoms in total. The third kappa shape index (κ3) is 2.46. The lowest BCUT2D eigenvalue weighted by atomic mass is 10.3. The van der Waals surface area contributed by atoms with Crippen molar-refractivity contribution in [1.29, 1.82) is 0 Å². The molecule has 3 amide bonds. The zero-order valence-corrected chi connectivity index (χ0v) is 9.74. The Hall–Kier alpha value is -1.26. The van der Waals surface area contributed by atoms with Crippen LogP contribution in [0.5, 0.6) is 0 Å². The molecule has 16 heavy (non-hydrogen) atoms. The number of nitrogens with one attached hydrogen (secondary N) is 1. The normalized spacial score (nSPS) is 20.8. The van der Waals surface area contributed by atoms with Crippen LogP contribution in [0.25, 0.3) is 0 Å².